The number of hydrogen-bond donors (Lipinski definition) is 2. The van der Waals surface area contributed by atoms with Crippen LogP contribution < -0.4 is 20.1 Å². The van der Waals surface area contributed by atoms with E-state index in [0.717, 1.165) is 50.4 Å². The van der Waals surface area contributed by atoms with E-state index >= 15 is 0 Å². The lowest BCUT2D eigenvalue weighted by atomic mass is 9.69. The molecule has 26 heavy (non-hydrogen) atoms. The van der Waals surface area contributed by atoms with Gasteiger partial charge in [0.1, 0.15) is 0 Å². The van der Waals surface area contributed by atoms with Crippen LogP contribution in [0.5, 0.6) is 11.5 Å². The molecule has 2 heterocycles. The minimum absolute atomic E-state index is 0.0316. The maximum Gasteiger partial charge on any atom is 0.231 e. The van der Waals surface area contributed by atoms with E-state index in [9.17, 15) is 4.79 Å². The van der Waals surface area contributed by atoms with Crippen LogP contribution in [-0.4, -0.2) is 32.3 Å². The van der Waals surface area contributed by atoms with Crippen LogP contribution in [0.1, 0.15) is 56.9 Å². The van der Waals surface area contributed by atoms with E-state index in [4.69, 9.17) is 9.47 Å². The van der Waals surface area contributed by atoms with Gasteiger partial charge in [-0.3, -0.25) is 4.79 Å². The fourth-order valence-electron chi connectivity index (χ4n) is 4.67. The van der Waals surface area contributed by atoms with Crippen molar-refractivity contribution in [2.24, 2.45) is 5.92 Å². The Morgan fingerprint density at radius 1 is 1.19 bits per heavy atom. The highest BCUT2D eigenvalue weighted by atomic mass is 16.7. The Kier molecular flexibility index (Phi) is 5.34. The summed E-state index contributed by atoms with van der Waals surface area (Å²) >= 11 is 0. The molecule has 1 saturated carbocycles. The van der Waals surface area contributed by atoms with Crippen LogP contribution in [0.3, 0.4) is 0 Å². The molecule has 1 atom stereocenters. The predicted molar refractivity (Wildman–Crippen MR) is 101 cm³/mol. The molecule has 0 aromatic heterocycles. The summed E-state index contributed by atoms with van der Waals surface area (Å²) in [6, 6.07) is 6.31. The lowest BCUT2D eigenvalue weighted by Gasteiger charge is -2.38. The molecule has 1 amide bonds. The summed E-state index contributed by atoms with van der Waals surface area (Å²) in [5.41, 5.74) is 1.31. The van der Waals surface area contributed by atoms with E-state index in [2.05, 4.69) is 22.8 Å². The van der Waals surface area contributed by atoms with Crippen molar-refractivity contribution in [1.82, 2.24) is 10.6 Å². The standard InChI is InChI=1S/C21H30N2O3/c24-20(7-4-16-8-11-22-13-16)23-14-21(9-2-1-3-10-21)17-5-6-18-19(12-17)26-15-25-18/h5-6,12,16,22H,1-4,7-11,13-15H2,(H,23,24). The molecule has 0 bridgehead atoms. The topological polar surface area (TPSA) is 59.6 Å². The normalized spacial score (nSPS) is 23.8. The zero-order valence-electron chi connectivity index (χ0n) is 15.5. The summed E-state index contributed by atoms with van der Waals surface area (Å²) in [6.45, 7) is 3.20. The SMILES string of the molecule is O=C(CCC1CCNC1)NCC1(c2ccc3c(c2)OCO3)CCCCC1. The minimum atomic E-state index is 0.0316. The van der Waals surface area contributed by atoms with Crippen LogP contribution in [0.25, 0.3) is 0 Å². The molecule has 1 aromatic rings. The Morgan fingerprint density at radius 2 is 2.04 bits per heavy atom. The number of nitrogens with one attached hydrogen (secondary N) is 2. The molecule has 3 aliphatic rings. The molecule has 1 aromatic carbocycles. The second-order valence-corrected chi connectivity index (χ2v) is 8.08. The molecule has 4 rings (SSSR count). The lowest BCUT2D eigenvalue weighted by Crippen LogP contribution is -2.42. The lowest BCUT2D eigenvalue weighted by molar-refractivity contribution is -0.121. The van der Waals surface area contributed by atoms with E-state index in [1.54, 1.807) is 0 Å². The predicted octanol–water partition coefficient (Wildman–Crippen LogP) is 3.12. The van der Waals surface area contributed by atoms with Gasteiger partial charge in [-0.15, -0.1) is 0 Å². The van der Waals surface area contributed by atoms with E-state index in [0.29, 0.717) is 19.1 Å². The van der Waals surface area contributed by atoms with E-state index in [1.165, 1.54) is 31.2 Å². The number of carbonyl (C=O) groups is 1. The summed E-state index contributed by atoms with van der Waals surface area (Å²) in [4.78, 5) is 12.4. The van der Waals surface area contributed by atoms with Gasteiger partial charge in [0.05, 0.1) is 0 Å². The highest BCUT2D eigenvalue weighted by Crippen LogP contribution is 2.43. The van der Waals surface area contributed by atoms with Crippen molar-refractivity contribution in [2.75, 3.05) is 26.4 Å². The smallest absolute Gasteiger partial charge is 0.231 e. The van der Waals surface area contributed by atoms with E-state index in [-0.39, 0.29) is 11.3 Å². The Hall–Kier alpha value is -1.75. The van der Waals surface area contributed by atoms with Crippen LogP contribution in [0.2, 0.25) is 0 Å². The van der Waals surface area contributed by atoms with Crippen molar-refractivity contribution in [1.29, 1.82) is 0 Å². The first kappa shape index (κ1) is 17.7. The number of ether oxygens (including phenoxy) is 2. The molecule has 1 aliphatic carbocycles. The van der Waals surface area contributed by atoms with Crippen LogP contribution in [0, 0.1) is 5.92 Å². The first-order valence-corrected chi connectivity index (χ1v) is 10.1. The fraction of sp³-hybridized carbons (Fsp3) is 0.667. The summed E-state index contributed by atoms with van der Waals surface area (Å²) in [5.74, 6) is 2.53. The van der Waals surface area contributed by atoms with E-state index in [1.807, 2.05) is 6.07 Å². The Bertz CT molecular complexity index is 634. The Labute approximate surface area is 155 Å². The van der Waals surface area contributed by atoms with Gasteiger partial charge in [0, 0.05) is 18.4 Å². The Morgan fingerprint density at radius 3 is 2.85 bits per heavy atom. The molecule has 5 heteroatoms. The van der Waals surface area contributed by atoms with E-state index < -0.39 is 0 Å². The third-order valence-electron chi connectivity index (χ3n) is 6.36. The van der Waals surface area contributed by atoms with Crippen molar-refractivity contribution in [3.8, 4) is 11.5 Å². The summed E-state index contributed by atoms with van der Waals surface area (Å²) in [7, 11) is 0. The highest BCUT2D eigenvalue weighted by molar-refractivity contribution is 5.76. The van der Waals surface area contributed by atoms with Crippen LogP contribution in [-0.2, 0) is 10.2 Å². The summed E-state index contributed by atoms with van der Waals surface area (Å²) in [6.07, 6.45) is 8.82. The van der Waals surface area contributed by atoms with Crippen LogP contribution >= 0.6 is 0 Å². The van der Waals surface area contributed by atoms with Gasteiger partial charge in [-0.05, 0) is 62.4 Å². The molecule has 2 N–H and O–H groups in total. The molecular weight excluding hydrogens is 328 g/mol. The van der Waals surface area contributed by atoms with Gasteiger partial charge < -0.3 is 20.1 Å². The van der Waals surface area contributed by atoms with Crippen molar-refractivity contribution in [2.45, 2.75) is 56.8 Å². The van der Waals surface area contributed by atoms with Crippen molar-refractivity contribution in [3.05, 3.63) is 23.8 Å². The van der Waals surface area contributed by atoms with Crippen LogP contribution in [0.15, 0.2) is 18.2 Å². The minimum Gasteiger partial charge on any atom is -0.454 e. The van der Waals surface area contributed by atoms with Gasteiger partial charge in [-0.1, -0.05) is 25.3 Å². The van der Waals surface area contributed by atoms with Gasteiger partial charge in [0.2, 0.25) is 12.7 Å². The maximum absolute atomic E-state index is 12.4. The molecule has 1 saturated heterocycles. The molecule has 2 aliphatic heterocycles. The van der Waals surface area contributed by atoms with Gasteiger partial charge >= 0.3 is 0 Å². The fourth-order valence-corrected chi connectivity index (χ4v) is 4.67. The molecule has 2 fully saturated rings. The van der Waals surface area contributed by atoms with Crippen LogP contribution in [0.4, 0.5) is 0 Å². The van der Waals surface area contributed by atoms with Crippen molar-refractivity contribution in [3.63, 3.8) is 0 Å². The third kappa shape index (κ3) is 3.83. The molecule has 0 radical (unpaired) electrons. The van der Waals surface area contributed by atoms with Gasteiger partial charge in [0.25, 0.3) is 0 Å². The number of hydrogen-bond acceptors (Lipinski definition) is 4. The second-order valence-electron chi connectivity index (χ2n) is 8.08. The monoisotopic (exact) mass is 358 g/mol. The average Bonchev–Trinajstić information content (AvgIpc) is 3.36. The molecule has 0 spiro atoms. The van der Waals surface area contributed by atoms with Gasteiger partial charge in [0.15, 0.2) is 11.5 Å². The third-order valence-corrected chi connectivity index (χ3v) is 6.36. The van der Waals surface area contributed by atoms with Crippen molar-refractivity contribution < 1.29 is 14.3 Å². The second kappa shape index (κ2) is 7.87. The number of rotatable bonds is 6. The Balaban J connectivity index is 1.40. The maximum atomic E-state index is 12.4. The zero-order valence-corrected chi connectivity index (χ0v) is 15.5. The molecule has 1 unspecified atom stereocenters. The van der Waals surface area contributed by atoms with Gasteiger partial charge in [-0.25, -0.2) is 0 Å². The highest BCUT2D eigenvalue weighted by Gasteiger charge is 2.35. The first-order chi connectivity index (χ1) is 12.8. The summed E-state index contributed by atoms with van der Waals surface area (Å²) < 4.78 is 11.0. The van der Waals surface area contributed by atoms with Crippen molar-refractivity contribution >= 4 is 5.91 Å². The molecular formula is C21H30N2O3. The molecule has 5 nitrogen and oxygen atoms in total. The first-order valence-electron chi connectivity index (χ1n) is 10.1. The quantitative estimate of drug-likeness (QED) is 0.820. The average molecular weight is 358 g/mol. The largest absolute Gasteiger partial charge is 0.454 e. The number of carbonyl (C=O) groups excluding carboxylic acids is 1. The number of benzene rings is 1. The zero-order chi connectivity index (χ0) is 17.8. The summed E-state index contributed by atoms with van der Waals surface area (Å²) in [5, 5.41) is 6.63. The number of fused-ring (bicyclic) bond motifs is 1. The van der Waals surface area contributed by atoms with Gasteiger partial charge in [-0.2, -0.15) is 0 Å². The molecule has 142 valence electrons. The number of amides is 1.